The molecule has 82 valence electrons. The Morgan fingerprint density at radius 2 is 2.38 bits per heavy atom. The van der Waals surface area contributed by atoms with Crippen LogP contribution in [-0.4, -0.2) is 14.8 Å². The van der Waals surface area contributed by atoms with E-state index in [1.54, 1.807) is 12.4 Å². The molecule has 0 amide bonds. The van der Waals surface area contributed by atoms with Crippen LogP contribution in [0, 0.1) is 6.92 Å². The summed E-state index contributed by atoms with van der Waals surface area (Å²) in [5.74, 6) is 0. The van der Waals surface area contributed by atoms with Crippen LogP contribution >= 0.6 is 0 Å². The fourth-order valence-electron chi connectivity index (χ4n) is 1.61. The molecule has 4 nitrogen and oxygen atoms in total. The smallest absolute Gasteiger partial charge is 0.0833 e. The first-order valence-electron chi connectivity index (χ1n) is 5.09. The number of rotatable bonds is 3. The van der Waals surface area contributed by atoms with Crippen molar-refractivity contribution in [2.45, 2.75) is 13.3 Å². The number of nitrogen functional groups attached to an aromatic ring is 1. The summed E-state index contributed by atoms with van der Waals surface area (Å²) in [6.45, 7) is 5.63. The van der Waals surface area contributed by atoms with Gasteiger partial charge in [0.15, 0.2) is 0 Å². The van der Waals surface area contributed by atoms with Gasteiger partial charge < -0.3 is 5.73 Å². The van der Waals surface area contributed by atoms with Gasteiger partial charge in [-0.1, -0.05) is 6.08 Å². The summed E-state index contributed by atoms with van der Waals surface area (Å²) in [5, 5.41) is 4.40. The number of hydrogen-bond donors (Lipinski definition) is 1. The van der Waals surface area contributed by atoms with Gasteiger partial charge in [-0.3, -0.25) is 4.98 Å². The third kappa shape index (κ3) is 1.69. The number of hydrogen-bond acceptors (Lipinski definition) is 3. The lowest BCUT2D eigenvalue weighted by molar-refractivity contribution is 0.814. The minimum atomic E-state index is 0.696. The Labute approximate surface area is 94.4 Å². The van der Waals surface area contributed by atoms with Crippen LogP contribution in [0.25, 0.3) is 5.69 Å². The predicted molar refractivity (Wildman–Crippen MR) is 64.4 cm³/mol. The van der Waals surface area contributed by atoms with Gasteiger partial charge in [-0.05, 0) is 19.1 Å². The topological polar surface area (TPSA) is 56.7 Å². The van der Waals surface area contributed by atoms with E-state index in [1.807, 2.05) is 29.8 Å². The number of nitrogens with zero attached hydrogens (tertiary/aromatic N) is 3. The Morgan fingerprint density at radius 1 is 1.56 bits per heavy atom. The van der Waals surface area contributed by atoms with E-state index in [0.29, 0.717) is 6.42 Å². The van der Waals surface area contributed by atoms with E-state index < -0.39 is 0 Å². The molecule has 2 aromatic rings. The van der Waals surface area contributed by atoms with Gasteiger partial charge in [0, 0.05) is 12.6 Å². The molecule has 0 spiro atoms. The molecule has 2 aromatic heterocycles. The Kier molecular flexibility index (Phi) is 2.72. The minimum absolute atomic E-state index is 0.696. The highest BCUT2D eigenvalue weighted by molar-refractivity contribution is 5.51. The molecule has 0 aliphatic rings. The highest BCUT2D eigenvalue weighted by atomic mass is 15.3. The van der Waals surface area contributed by atoms with Gasteiger partial charge in [0.1, 0.15) is 0 Å². The van der Waals surface area contributed by atoms with Gasteiger partial charge >= 0.3 is 0 Å². The molecule has 0 atom stereocenters. The quantitative estimate of drug-likeness (QED) is 0.794. The van der Waals surface area contributed by atoms with Crippen LogP contribution < -0.4 is 5.73 Å². The maximum Gasteiger partial charge on any atom is 0.0833 e. The highest BCUT2D eigenvalue weighted by Gasteiger charge is 2.12. The molecule has 0 aliphatic heterocycles. The number of allylic oxidation sites excluding steroid dienone is 1. The van der Waals surface area contributed by atoms with E-state index in [2.05, 4.69) is 16.7 Å². The second kappa shape index (κ2) is 4.18. The molecule has 2 N–H and O–H groups in total. The Balaban J connectivity index is 2.56. The maximum absolute atomic E-state index is 5.98. The zero-order valence-corrected chi connectivity index (χ0v) is 9.22. The summed E-state index contributed by atoms with van der Waals surface area (Å²) in [5.41, 5.74) is 9.41. The van der Waals surface area contributed by atoms with E-state index in [1.165, 1.54) is 0 Å². The molecule has 0 aromatic carbocycles. The lowest BCUT2D eigenvalue weighted by Gasteiger charge is -2.05. The molecule has 0 radical (unpaired) electrons. The van der Waals surface area contributed by atoms with Crippen LogP contribution in [0.5, 0.6) is 0 Å². The largest absolute Gasteiger partial charge is 0.396 e. The third-order valence-corrected chi connectivity index (χ3v) is 2.43. The molecule has 0 bridgehead atoms. The third-order valence-electron chi connectivity index (χ3n) is 2.43. The van der Waals surface area contributed by atoms with Crippen molar-refractivity contribution in [2.75, 3.05) is 5.73 Å². The normalized spacial score (nSPS) is 10.3. The predicted octanol–water partition coefficient (Wildman–Crippen LogP) is 1.89. The number of aromatic nitrogens is 3. The summed E-state index contributed by atoms with van der Waals surface area (Å²) in [6, 6.07) is 3.83. The Bertz CT molecular complexity index is 499. The van der Waals surface area contributed by atoms with Gasteiger partial charge in [0.05, 0.1) is 29.0 Å². The Morgan fingerprint density at radius 3 is 3.00 bits per heavy atom. The number of anilines is 1. The van der Waals surface area contributed by atoms with Crippen LogP contribution in [0.4, 0.5) is 5.69 Å². The first kappa shape index (κ1) is 10.4. The minimum Gasteiger partial charge on any atom is -0.396 e. The summed E-state index contributed by atoms with van der Waals surface area (Å²) in [4.78, 5) is 4.07. The Hall–Kier alpha value is -2.10. The second-order valence-corrected chi connectivity index (χ2v) is 3.56. The SMILES string of the molecule is C=CCc1c(N)c(C)nn1-c1cccnc1. The number of nitrogens with two attached hydrogens (primary N) is 1. The molecule has 4 heteroatoms. The van der Waals surface area contributed by atoms with Crippen LogP contribution in [0.1, 0.15) is 11.4 Å². The first-order valence-corrected chi connectivity index (χ1v) is 5.09. The molecule has 0 fully saturated rings. The van der Waals surface area contributed by atoms with Crippen molar-refractivity contribution in [1.82, 2.24) is 14.8 Å². The molecule has 0 unspecified atom stereocenters. The van der Waals surface area contributed by atoms with Crippen LogP contribution in [0.3, 0.4) is 0 Å². The van der Waals surface area contributed by atoms with Gasteiger partial charge in [0.2, 0.25) is 0 Å². The van der Waals surface area contributed by atoms with Crippen molar-refractivity contribution < 1.29 is 0 Å². The van der Waals surface area contributed by atoms with Crippen molar-refractivity contribution in [3.8, 4) is 5.69 Å². The van der Waals surface area contributed by atoms with E-state index in [0.717, 1.165) is 22.8 Å². The molecule has 0 saturated heterocycles. The van der Waals surface area contributed by atoms with Crippen LogP contribution in [-0.2, 0) is 6.42 Å². The van der Waals surface area contributed by atoms with Crippen molar-refractivity contribution in [2.24, 2.45) is 0 Å². The molecule has 2 rings (SSSR count). The van der Waals surface area contributed by atoms with Gasteiger partial charge in [0.25, 0.3) is 0 Å². The highest BCUT2D eigenvalue weighted by Crippen LogP contribution is 2.20. The van der Waals surface area contributed by atoms with Crippen molar-refractivity contribution >= 4 is 5.69 Å². The number of aryl methyl sites for hydroxylation is 1. The fraction of sp³-hybridized carbons (Fsp3) is 0.167. The van der Waals surface area contributed by atoms with E-state index in [4.69, 9.17) is 5.73 Å². The standard InChI is InChI=1S/C12H14N4/c1-3-5-11-12(13)9(2)15-16(11)10-6-4-7-14-8-10/h3-4,6-8H,1,5,13H2,2H3. The molecule has 16 heavy (non-hydrogen) atoms. The zero-order chi connectivity index (χ0) is 11.5. The molecular formula is C12H14N4. The summed E-state index contributed by atoms with van der Waals surface area (Å²) in [6.07, 6.45) is 6.01. The molecule has 0 saturated carbocycles. The average Bonchev–Trinajstić information content (AvgIpc) is 2.59. The number of pyridine rings is 1. The second-order valence-electron chi connectivity index (χ2n) is 3.56. The van der Waals surface area contributed by atoms with Gasteiger partial charge in [-0.15, -0.1) is 6.58 Å². The van der Waals surface area contributed by atoms with Crippen molar-refractivity contribution in [3.63, 3.8) is 0 Å². The maximum atomic E-state index is 5.98. The summed E-state index contributed by atoms with van der Waals surface area (Å²) < 4.78 is 1.82. The first-order chi connectivity index (χ1) is 7.74. The summed E-state index contributed by atoms with van der Waals surface area (Å²) >= 11 is 0. The van der Waals surface area contributed by atoms with Crippen LogP contribution in [0.2, 0.25) is 0 Å². The molecular weight excluding hydrogens is 200 g/mol. The zero-order valence-electron chi connectivity index (χ0n) is 9.22. The van der Waals surface area contributed by atoms with Crippen LogP contribution in [0.15, 0.2) is 37.2 Å². The van der Waals surface area contributed by atoms with Gasteiger partial charge in [-0.2, -0.15) is 5.10 Å². The lowest BCUT2D eigenvalue weighted by atomic mass is 10.2. The average molecular weight is 214 g/mol. The van der Waals surface area contributed by atoms with Crippen molar-refractivity contribution in [3.05, 3.63) is 48.6 Å². The molecule has 2 heterocycles. The monoisotopic (exact) mass is 214 g/mol. The molecule has 0 aliphatic carbocycles. The van der Waals surface area contributed by atoms with Gasteiger partial charge in [-0.25, -0.2) is 4.68 Å². The van der Waals surface area contributed by atoms with E-state index in [-0.39, 0.29) is 0 Å². The lowest BCUT2D eigenvalue weighted by Crippen LogP contribution is -2.03. The summed E-state index contributed by atoms with van der Waals surface area (Å²) in [7, 11) is 0. The fourth-order valence-corrected chi connectivity index (χ4v) is 1.61. The van der Waals surface area contributed by atoms with Crippen molar-refractivity contribution in [1.29, 1.82) is 0 Å². The van der Waals surface area contributed by atoms with E-state index in [9.17, 15) is 0 Å². The van der Waals surface area contributed by atoms with E-state index >= 15 is 0 Å².